The summed E-state index contributed by atoms with van der Waals surface area (Å²) in [4.78, 5) is 7.05. The minimum absolute atomic E-state index is 0.667. The summed E-state index contributed by atoms with van der Waals surface area (Å²) in [6, 6.07) is 11.3. The van der Waals surface area contributed by atoms with Gasteiger partial charge in [0, 0.05) is 30.7 Å². The van der Waals surface area contributed by atoms with Crippen LogP contribution < -0.4 is 5.32 Å². The SMILES string of the molecule is CCN(Cc1ccnc2ccccc12)C1CCCNC1. The van der Waals surface area contributed by atoms with Crippen LogP contribution in [0.4, 0.5) is 0 Å². The molecule has 1 atom stereocenters. The van der Waals surface area contributed by atoms with E-state index in [1.54, 1.807) is 0 Å². The highest BCUT2D eigenvalue weighted by Gasteiger charge is 2.20. The Balaban J connectivity index is 1.83. The number of piperidine rings is 1. The summed E-state index contributed by atoms with van der Waals surface area (Å²) in [5, 5.41) is 4.81. The van der Waals surface area contributed by atoms with Gasteiger partial charge < -0.3 is 5.32 Å². The Bertz CT molecular complexity index is 556. The number of nitrogens with zero attached hydrogens (tertiary/aromatic N) is 2. The quantitative estimate of drug-likeness (QED) is 0.925. The minimum Gasteiger partial charge on any atom is -0.315 e. The molecule has 0 radical (unpaired) electrons. The lowest BCUT2D eigenvalue weighted by atomic mass is 10.0. The van der Waals surface area contributed by atoms with Gasteiger partial charge in [-0.1, -0.05) is 25.1 Å². The van der Waals surface area contributed by atoms with Gasteiger partial charge in [0.25, 0.3) is 0 Å². The Morgan fingerprint density at radius 1 is 1.30 bits per heavy atom. The van der Waals surface area contributed by atoms with E-state index >= 15 is 0 Å². The maximum atomic E-state index is 4.46. The van der Waals surface area contributed by atoms with E-state index in [1.807, 2.05) is 6.20 Å². The number of hydrogen-bond donors (Lipinski definition) is 1. The maximum absolute atomic E-state index is 4.46. The van der Waals surface area contributed by atoms with Crippen LogP contribution in [0.3, 0.4) is 0 Å². The molecule has 3 nitrogen and oxygen atoms in total. The van der Waals surface area contributed by atoms with E-state index in [9.17, 15) is 0 Å². The van der Waals surface area contributed by atoms with Crippen molar-refractivity contribution in [3.63, 3.8) is 0 Å². The second-order valence-corrected chi connectivity index (χ2v) is 5.55. The highest BCUT2D eigenvalue weighted by molar-refractivity contribution is 5.81. The van der Waals surface area contributed by atoms with Crippen molar-refractivity contribution in [2.75, 3.05) is 19.6 Å². The van der Waals surface area contributed by atoms with E-state index in [2.05, 4.69) is 52.5 Å². The summed E-state index contributed by atoms with van der Waals surface area (Å²) in [6.45, 7) is 6.68. The Morgan fingerprint density at radius 3 is 3.00 bits per heavy atom. The third kappa shape index (κ3) is 2.84. The van der Waals surface area contributed by atoms with Crippen molar-refractivity contribution < 1.29 is 0 Å². The second-order valence-electron chi connectivity index (χ2n) is 5.55. The number of hydrogen-bond acceptors (Lipinski definition) is 3. The van der Waals surface area contributed by atoms with Crippen molar-refractivity contribution in [3.8, 4) is 0 Å². The van der Waals surface area contributed by atoms with Gasteiger partial charge in [-0.15, -0.1) is 0 Å². The number of benzene rings is 1. The first-order valence-electron chi connectivity index (χ1n) is 7.66. The van der Waals surface area contributed by atoms with Crippen LogP contribution in [0.15, 0.2) is 36.5 Å². The van der Waals surface area contributed by atoms with Crippen molar-refractivity contribution in [1.29, 1.82) is 0 Å². The smallest absolute Gasteiger partial charge is 0.0705 e. The number of pyridine rings is 1. The fourth-order valence-corrected chi connectivity index (χ4v) is 3.16. The molecule has 1 unspecified atom stereocenters. The molecule has 0 bridgehead atoms. The van der Waals surface area contributed by atoms with Crippen LogP contribution in [0, 0.1) is 0 Å². The van der Waals surface area contributed by atoms with Crippen LogP contribution in [-0.4, -0.2) is 35.6 Å². The Kier molecular flexibility index (Phi) is 4.28. The number of rotatable bonds is 4. The molecule has 1 fully saturated rings. The van der Waals surface area contributed by atoms with Gasteiger partial charge in [-0.2, -0.15) is 0 Å². The second kappa shape index (κ2) is 6.33. The van der Waals surface area contributed by atoms with Gasteiger partial charge in [-0.3, -0.25) is 9.88 Å². The zero-order valence-electron chi connectivity index (χ0n) is 12.2. The average molecular weight is 269 g/mol. The number of nitrogens with one attached hydrogen (secondary N) is 1. The van der Waals surface area contributed by atoms with Crippen molar-refractivity contribution in [3.05, 3.63) is 42.1 Å². The molecule has 1 saturated heterocycles. The molecule has 0 aliphatic carbocycles. The lowest BCUT2D eigenvalue weighted by Gasteiger charge is -2.34. The third-order valence-electron chi connectivity index (χ3n) is 4.31. The first kappa shape index (κ1) is 13.5. The molecule has 106 valence electrons. The number of likely N-dealkylation sites (N-methyl/N-ethyl adjacent to an activating group) is 1. The van der Waals surface area contributed by atoms with Crippen LogP contribution in [0.5, 0.6) is 0 Å². The standard InChI is InChI=1S/C17H23N3/c1-2-20(15-6-5-10-18-12-15)13-14-9-11-19-17-8-4-3-7-16(14)17/h3-4,7-9,11,15,18H,2,5-6,10,12-13H2,1H3. The highest BCUT2D eigenvalue weighted by atomic mass is 15.2. The monoisotopic (exact) mass is 269 g/mol. The number of para-hydroxylation sites is 1. The van der Waals surface area contributed by atoms with Gasteiger partial charge in [0.05, 0.1) is 5.52 Å². The first-order chi connectivity index (χ1) is 9.88. The van der Waals surface area contributed by atoms with Gasteiger partial charge in [0.15, 0.2) is 0 Å². The van der Waals surface area contributed by atoms with Crippen LogP contribution in [0.25, 0.3) is 10.9 Å². The van der Waals surface area contributed by atoms with Crippen molar-refractivity contribution in [2.24, 2.45) is 0 Å². The fourth-order valence-electron chi connectivity index (χ4n) is 3.16. The molecular weight excluding hydrogens is 246 g/mol. The van der Waals surface area contributed by atoms with E-state index in [1.165, 1.54) is 30.3 Å². The van der Waals surface area contributed by atoms with E-state index in [-0.39, 0.29) is 0 Å². The molecular formula is C17H23N3. The molecule has 2 heterocycles. The largest absolute Gasteiger partial charge is 0.315 e. The first-order valence-corrected chi connectivity index (χ1v) is 7.66. The van der Waals surface area contributed by atoms with Gasteiger partial charge in [0.2, 0.25) is 0 Å². The van der Waals surface area contributed by atoms with Gasteiger partial charge in [-0.05, 0) is 43.6 Å². The van der Waals surface area contributed by atoms with Crippen molar-refractivity contribution >= 4 is 10.9 Å². The number of fused-ring (bicyclic) bond motifs is 1. The lowest BCUT2D eigenvalue weighted by Crippen LogP contribution is -2.45. The zero-order valence-corrected chi connectivity index (χ0v) is 12.2. The summed E-state index contributed by atoms with van der Waals surface area (Å²) < 4.78 is 0. The zero-order chi connectivity index (χ0) is 13.8. The molecule has 1 aliphatic rings. The molecule has 1 aliphatic heterocycles. The summed E-state index contributed by atoms with van der Waals surface area (Å²) in [7, 11) is 0. The average Bonchev–Trinajstić information content (AvgIpc) is 2.53. The molecule has 0 amide bonds. The summed E-state index contributed by atoms with van der Waals surface area (Å²) in [5.74, 6) is 0. The molecule has 20 heavy (non-hydrogen) atoms. The number of aromatic nitrogens is 1. The van der Waals surface area contributed by atoms with Crippen LogP contribution in [0.2, 0.25) is 0 Å². The highest BCUT2D eigenvalue weighted by Crippen LogP contribution is 2.20. The maximum Gasteiger partial charge on any atom is 0.0705 e. The van der Waals surface area contributed by atoms with Crippen molar-refractivity contribution in [2.45, 2.75) is 32.4 Å². The van der Waals surface area contributed by atoms with Crippen molar-refractivity contribution in [1.82, 2.24) is 15.2 Å². The predicted molar refractivity (Wildman–Crippen MR) is 83.7 cm³/mol. The molecule has 3 rings (SSSR count). The Labute approximate surface area is 121 Å². The molecule has 0 saturated carbocycles. The fraction of sp³-hybridized carbons (Fsp3) is 0.471. The molecule has 3 heteroatoms. The van der Waals surface area contributed by atoms with E-state index in [0.29, 0.717) is 6.04 Å². The molecule has 1 aromatic carbocycles. The molecule has 2 aromatic rings. The lowest BCUT2D eigenvalue weighted by molar-refractivity contribution is 0.166. The van der Waals surface area contributed by atoms with Gasteiger partial charge >= 0.3 is 0 Å². The summed E-state index contributed by atoms with van der Waals surface area (Å²) >= 11 is 0. The molecule has 1 N–H and O–H groups in total. The Hall–Kier alpha value is -1.45. The molecule has 1 aromatic heterocycles. The third-order valence-corrected chi connectivity index (χ3v) is 4.31. The predicted octanol–water partition coefficient (Wildman–Crippen LogP) is 2.81. The van der Waals surface area contributed by atoms with Crippen LogP contribution in [-0.2, 0) is 6.54 Å². The van der Waals surface area contributed by atoms with E-state index < -0.39 is 0 Å². The minimum atomic E-state index is 0.667. The molecule has 0 spiro atoms. The van der Waals surface area contributed by atoms with E-state index in [4.69, 9.17) is 0 Å². The van der Waals surface area contributed by atoms with E-state index in [0.717, 1.165) is 25.2 Å². The van der Waals surface area contributed by atoms with Crippen LogP contribution in [0.1, 0.15) is 25.3 Å². The topological polar surface area (TPSA) is 28.2 Å². The van der Waals surface area contributed by atoms with Crippen LogP contribution >= 0.6 is 0 Å². The van der Waals surface area contributed by atoms with Gasteiger partial charge in [0.1, 0.15) is 0 Å². The Morgan fingerprint density at radius 2 is 2.20 bits per heavy atom. The normalized spacial score (nSPS) is 19.6. The summed E-state index contributed by atoms with van der Waals surface area (Å²) in [5.41, 5.74) is 2.49. The summed E-state index contributed by atoms with van der Waals surface area (Å²) in [6.07, 6.45) is 4.53. The van der Waals surface area contributed by atoms with Gasteiger partial charge in [-0.25, -0.2) is 0 Å².